The molecular weight excluding hydrogens is 326 g/mol. The van der Waals surface area contributed by atoms with E-state index >= 15 is 0 Å². The van der Waals surface area contributed by atoms with Gasteiger partial charge in [-0.05, 0) is 30.9 Å². The first-order chi connectivity index (χ1) is 12.4. The maximum Gasteiger partial charge on any atom is 0.270 e. The first kappa shape index (κ1) is 18.9. The molecule has 1 aromatic heterocycles. The zero-order valence-corrected chi connectivity index (χ0v) is 16.4. The number of aromatic nitrogens is 1. The van der Waals surface area contributed by atoms with E-state index in [-0.39, 0.29) is 18.6 Å². The Labute approximate surface area is 156 Å². The molecule has 0 unspecified atom stereocenters. The number of carbonyl (C=O) groups excluding carboxylic acids is 1. The molecule has 1 fully saturated rings. The molecule has 3 rings (SSSR count). The van der Waals surface area contributed by atoms with Gasteiger partial charge in [-0.2, -0.15) is 0 Å². The van der Waals surface area contributed by atoms with Crippen LogP contribution in [0.5, 0.6) is 0 Å². The monoisotopic (exact) mass is 357 g/mol. The highest BCUT2D eigenvalue weighted by molar-refractivity contribution is 5.99. The van der Waals surface area contributed by atoms with Crippen LogP contribution < -0.4 is 0 Å². The zero-order valence-electron chi connectivity index (χ0n) is 16.4. The van der Waals surface area contributed by atoms with E-state index in [9.17, 15) is 9.90 Å². The lowest BCUT2D eigenvalue weighted by atomic mass is 10.1. The summed E-state index contributed by atoms with van der Waals surface area (Å²) in [6.45, 7) is 9.99. The Morgan fingerprint density at radius 2 is 2.08 bits per heavy atom. The highest BCUT2D eigenvalue weighted by Gasteiger charge is 2.31. The molecule has 1 atom stereocenters. The summed E-state index contributed by atoms with van der Waals surface area (Å²) in [5, 5.41) is 10.6. The van der Waals surface area contributed by atoms with E-state index in [1.165, 1.54) is 5.56 Å². The van der Waals surface area contributed by atoms with Gasteiger partial charge >= 0.3 is 0 Å². The Bertz CT molecular complexity index is 781. The second kappa shape index (κ2) is 7.80. The van der Waals surface area contributed by atoms with Crippen LogP contribution in [0.25, 0.3) is 10.9 Å². The van der Waals surface area contributed by atoms with Gasteiger partial charge in [0.2, 0.25) is 0 Å². The molecule has 1 amide bonds. The molecule has 1 aromatic carbocycles. The molecule has 2 heterocycles. The number of fused-ring (bicyclic) bond motifs is 1. The van der Waals surface area contributed by atoms with Crippen molar-refractivity contribution in [3.63, 3.8) is 0 Å². The van der Waals surface area contributed by atoms with Gasteiger partial charge in [-0.15, -0.1) is 0 Å². The highest BCUT2D eigenvalue weighted by atomic mass is 16.3. The molecule has 2 aromatic rings. The number of aliphatic hydroxyl groups excluding tert-OH is 1. The maximum atomic E-state index is 13.2. The number of aryl methyl sites for hydroxylation is 2. The van der Waals surface area contributed by atoms with Crippen LogP contribution in [0.15, 0.2) is 24.3 Å². The van der Waals surface area contributed by atoms with Crippen molar-refractivity contribution in [1.29, 1.82) is 0 Å². The van der Waals surface area contributed by atoms with E-state index < -0.39 is 0 Å². The van der Waals surface area contributed by atoms with E-state index in [1.54, 1.807) is 0 Å². The molecule has 1 N–H and O–H groups in total. The number of aliphatic hydroxyl groups is 1. The van der Waals surface area contributed by atoms with Crippen LogP contribution in [0.3, 0.4) is 0 Å². The van der Waals surface area contributed by atoms with Crippen LogP contribution in [-0.2, 0) is 7.05 Å². The van der Waals surface area contributed by atoms with Crippen LogP contribution in [0, 0.1) is 12.8 Å². The Balaban J connectivity index is 1.82. The molecule has 1 saturated heterocycles. The lowest BCUT2D eigenvalue weighted by Gasteiger charge is -2.42. The fraction of sp³-hybridized carbons (Fsp3) is 0.571. The van der Waals surface area contributed by atoms with Gasteiger partial charge in [0.05, 0.1) is 5.52 Å². The van der Waals surface area contributed by atoms with Crippen molar-refractivity contribution in [3.8, 4) is 0 Å². The van der Waals surface area contributed by atoms with Crippen LogP contribution >= 0.6 is 0 Å². The van der Waals surface area contributed by atoms with Crippen molar-refractivity contribution in [1.82, 2.24) is 14.4 Å². The predicted octanol–water partition coefficient (Wildman–Crippen LogP) is 2.65. The Morgan fingerprint density at radius 3 is 2.73 bits per heavy atom. The third-order valence-corrected chi connectivity index (χ3v) is 5.43. The van der Waals surface area contributed by atoms with E-state index in [2.05, 4.69) is 37.8 Å². The molecule has 1 aliphatic rings. The Kier molecular flexibility index (Phi) is 5.68. The van der Waals surface area contributed by atoms with Crippen molar-refractivity contribution < 1.29 is 9.90 Å². The minimum absolute atomic E-state index is 0.0928. The molecule has 5 nitrogen and oxygen atoms in total. The number of benzene rings is 1. The summed E-state index contributed by atoms with van der Waals surface area (Å²) in [7, 11) is 1.97. The summed E-state index contributed by atoms with van der Waals surface area (Å²) >= 11 is 0. The van der Waals surface area contributed by atoms with Crippen molar-refractivity contribution in [2.45, 2.75) is 33.2 Å². The van der Waals surface area contributed by atoms with Gasteiger partial charge in [0.1, 0.15) is 5.69 Å². The summed E-state index contributed by atoms with van der Waals surface area (Å²) < 4.78 is 2.02. The van der Waals surface area contributed by atoms with Crippen molar-refractivity contribution in [2.75, 3.05) is 32.8 Å². The molecule has 0 bridgehead atoms. The fourth-order valence-electron chi connectivity index (χ4n) is 4.20. The normalized spacial score (nSPS) is 18.8. The quantitative estimate of drug-likeness (QED) is 0.895. The van der Waals surface area contributed by atoms with Gasteiger partial charge < -0.3 is 14.6 Å². The zero-order chi connectivity index (χ0) is 18.8. The third kappa shape index (κ3) is 3.64. The largest absolute Gasteiger partial charge is 0.396 e. The number of hydrogen-bond donors (Lipinski definition) is 1. The average Bonchev–Trinajstić information content (AvgIpc) is 2.94. The summed E-state index contributed by atoms with van der Waals surface area (Å²) in [6, 6.07) is 8.42. The number of rotatable bonds is 5. The topological polar surface area (TPSA) is 48.7 Å². The van der Waals surface area contributed by atoms with Gasteiger partial charge in [0, 0.05) is 51.3 Å². The number of hydrogen-bond acceptors (Lipinski definition) is 3. The molecular formula is C21H31N3O2. The third-order valence-electron chi connectivity index (χ3n) is 5.43. The molecule has 0 spiro atoms. The van der Waals surface area contributed by atoms with Crippen molar-refractivity contribution >= 4 is 16.8 Å². The molecule has 142 valence electrons. The van der Waals surface area contributed by atoms with Crippen molar-refractivity contribution in [3.05, 3.63) is 35.5 Å². The molecule has 1 aliphatic heterocycles. The summed E-state index contributed by atoms with van der Waals surface area (Å²) in [5.41, 5.74) is 3.06. The molecule has 0 saturated carbocycles. The maximum absolute atomic E-state index is 13.2. The summed E-state index contributed by atoms with van der Waals surface area (Å²) in [5.74, 6) is 0.676. The number of amides is 1. The number of carbonyl (C=O) groups is 1. The van der Waals surface area contributed by atoms with E-state index in [0.29, 0.717) is 18.9 Å². The number of nitrogens with zero attached hydrogens (tertiary/aromatic N) is 3. The van der Waals surface area contributed by atoms with Crippen LogP contribution in [0.4, 0.5) is 0 Å². The lowest BCUT2D eigenvalue weighted by molar-refractivity contribution is 0.0378. The molecule has 0 aliphatic carbocycles. The fourth-order valence-corrected chi connectivity index (χ4v) is 4.20. The summed E-state index contributed by atoms with van der Waals surface area (Å²) in [4.78, 5) is 17.6. The second-order valence-corrected chi connectivity index (χ2v) is 7.91. The van der Waals surface area contributed by atoms with E-state index in [4.69, 9.17) is 0 Å². The molecule has 5 heteroatoms. The minimum atomic E-state index is 0.0928. The molecule has 0 radical (unpaired) electrons. The SMILES string of the molecule is Cc1cccc2cc(C(=O)N3CCN(CC(C)C)[C@H](CCO)C3)n(C)c12. The second-order valence-electron chi connectivity index (χ2n) is 7.91. The van der Waals surface area contributed by atoms with Gasteiger partial charge in [0.15, 0.2) is 0 Å². The first-order valence-electron chi connectivity index (χ1n) is 9.61. The van der Waals surface area contributed by atoms with Gasteiger partial charge in [-0.25, -0.2) is 0 Å². The van der Waals surface area contributed by atoms with Crippen LogP contribution in [0.1, 0.15) is 36.3 Å². The standard InChI is InChI=1S/C21H31N3O2/c1-15(2)13-23-9-10-24(14-18(23)8-11-25)21(26)19-12-17-7-5-6-16(3)20(17)22(19)4/h5-7,12,15,18,25H,8-11,13-14H2,1-4H3/t18-/m1/s1. The minimum Gasteiger partial charge on any atom is -0.396 e. The van der Waals surface area contributed by atoms with Crippen LogP contribution in [-0.4, -0.2) is 64.2 Å². The smallest absolute Gasteiger partial charge is 0.270 e. The molecule has 26 heavy (non-hydrogen) atoms. The number of para-hydroxylation sites is 1. The highest BCUT2D eigenvalue weighted by Crippen LogP contribution is 2.24. The Morgan fingerprint density at radius 1 is 1.31 bits per heavy atom. The summed E-state index contributed by atoms with van der Waals surface area (Å²) in [6.07, 6.45) is 0.713. The first-order valence-corrected chi connectivity index (χ1v) is 9.61. The lowest BCUT2D eigenvalue weighted by Crippen LogP contribution is -2.55. The average molecular weight is 357 g/mol. The van der Waals surface area contributed by atoms with E-state index in [1.807, 2.05) is 28.6 Å². The Hall–Kier alpha value is -1.85. The van der Waals surface area contributed by atoms with Gasteiger partial charge in [-0.3, -0.25) is 9.69 Å². The van der Waals surface area contributed by atoms with E-state index in [0.717, 1.165) is 36.2 Å². The van der Waals surface area contributed by atoms with Crippen molar-refractivity contribution in [2.24, 2.45) is 13.0 Å². The number of piperazine rings is 1. The predicted molar refractivity (Wildman–Crippen MR) is 105 cm³/mol. The van der Waals surface area contributed by atoms with Crippen LogP contribution in [0.2, 0.25) is 0 Å². The van der Waals surface area contributed by atoms with Gasteiger partial charge in [-0.1, -0.05) is 32.0 Å². The van der Waals surface area contributed by atoms with Gasteiger partial charge in [0.25, 0.3) is 5.91 Å².